The van der Waals surface area contributed by atoms with Crippen LogP contribution in [0.15, 0.2) is 59.5 Å². The standard InChI is InChI=1S/C20H18N2O2S2/c23-19-18(26-20(25)22(19)16-7-2-1-3-8-16)14-15-6-4-5-9-17(15)21-10-12-24-13-11-21/h1-9,14H,10-13H2/b18-14+. The molecule has 132 valence electrons. The molecule has 26 heavy (non-hydrogen) atoms. The van der Waals surface area contributed by atoms with Gasteiger partial charge in [0, 0.05) is 18.8 Å². The Hall–Kier alpha value is -2.15. The fraction of sp³-hybridized carbons (Fsp3) is 0.200. The van der Waals surface area contributed by atoms with Crippen LogP contribution < -0.4 is 9.80 Å². The number of thiocarbonyl (C=S) groups is 1. The molecule has 6 heteroatoms. The van der Waals surface area contributed by atoms with E-state index in [1.165, 1.54) is 11.8 Å². The van der Waals surface area contributed by atoms with E-state index in [2.05, 4.69) is 11.0 Å². The lowest BCUT2D eigenvalue weighted by molar-refractivity contribution is -0.113. The first-order chi connectivity index (χ1) is 12.7. The van der Waals surface area contributed by atoms with Gasteiger partial charge in [0.05, 0.1) is 23.8 Å². The maximum absolute atomic E-state index is 12.9. The van der Waals surface area contributed by atoms with E-state index in [0.717, 1.165) is 43.2 Å². The van der Waals surface area contributed by atoms with Gasteiger partial charge < -0.3 is 9.64 Å². The van der Waals surface area contributed by atoms with Crippen molar-refractivity contribution in [2.24, 2.45) is 0 Å². The summed E-state index contributed by atoms with van der Waals surface area (Å²) in [6, 6.07) is 17.7. The predicted octanol–water partition coefficient (Wildman–Crippen LogP) is 3.93. The van der Waals surface area contributed by atoms with Crippen molar-refractivity contribution in [2.45, 2.75) is 0 Å². The molecule has 2 saturated heterocycles. The van der Waals surface area contributed by atoms with Crippen LogP contribution in [-0.4, -0.2) is 36.5 Å². The highest BCUT2D eigenvalue weighted by Gasteiger charge is 2.33. The lowest BCUT2D eigenvalue weighted by Gasteiger charge is -2.30. The topological polar surface area (TPSA) is 32.8 Å². The van der Waals surface area contributed by atoms with Crippen LogP contribution in [0.4, 0.5) is 11.4 Å². The van der Waals surface area contributed by atoms with E-state index in [0.29, 0.717) is 9.23 Å². The summed E-state index contributed by atoms with van der Waals surface area (Å²) in [7, 11) is 0. The Morgan fingerprint density at radius 3 is 2.46 bits per heavy atom. The SMILES string of the molecule is O=C1/C(=C\c2ccccc2N2CCOCC2)SC(=S)N1c1ccccc1. The van der Waals surface area contributed by atoms with Crippen LogP contribution in [-0.2, 0) is 9.53 Å². The summed E-state index contributed by atoms with van der Waals surface area (Å²) in [4.78, 5) is 17.5. The number of benzene rings is 2. The number of hydrogen-bond acceptors (Lipinski definition) is 5. The number of amides is 1. The van der Waals surface area contributed by atoms with Gasteiger partial charge in [-0.25, -0.2) is 0 Å². The Bertz CT molecular complexity index is 861. The van der Waals surface area contributed by atoms with E-state index in [1.54, 1.807) is 4.90 Å². The van der Waals surface area contributed by atoms with Crippen molar-refractivity contribution in [3.8, 4) is 0 Å². The van der Waals surface area contributed by atoms with Gasteiger partial charge in [0.2, 0.25) is 0 Å². The van der Waals surface area contributed by atoms with Crippen LogP contribution in [0.3, 0.4) is 0 Å². The second-order valence-corrected chi connectivity index (χ2v) is 7.69. The molecule has 1 amide bonds. The second kappa shape index (κ2) is 7.61. The van der Waals surface area contributed by atoms with Crippen LogP contribution in [0.2, 0.25) is 0 Å². The molecule has 0 N–H and O–H groups in total. The third kappa shape index (κ3) is 3.40. The molecule has 0 atom stereocenters. The predicted molar refractivity (Wildman–Crippen MR) is 112 cm³/mol. The number of anilines is 2. The van der Waals surface area contributed by atoms with Gasteiger partial charge in [0.15, 0.2) is 4.32 Å². The maximum Gasteiger partial charge on any atom is 0.270 e. The Balaban J connectivity index is 1.65. The van der Waals surface area contributed by atoms with Gasteiger partial charge in [0.25, 0.3) is 5.91 Å². The highest BCUT2D eigenvalue weighted by atomic mass is 32.2. The minimum absolute atomic E-state index is 0.0667. The van der Waals surface area contributed by atoms with Gasteiger partial charge in [-0.3, -0.25) is 9.69 Å². The third-order valence-corrected chi connectivity index (χ3v) is 5.69. The number of nitrogens with zero attached hydrogens (tertiary/aromatic N) is 2. The largest absolute Gasteiger partial charge is 0.378 e. The smallest absolute Gasteiger partial charge is 0.270 e. The van der Waals surface area contributed by atoms with Gasteiger partial charge in [-0.1, -0.05) is 60.4 Å². The average Bonchev–Trinajstić information content (AvgIpc) is 2.97. The van der Waals surface area contributed by atoms with Crippen molar-refractivity contribution >= 4 is 51.7 Å². The van der Waals surface area contributed by atoms with E-state index in [4.69, 9.17) is 17.0 Å². The third-order valence-electron chi connectivity index (χ3n) is 4.38. The molecule has 0 unspecified atom stereocenters. The molecular weight excluding hydrogens is 364 g/mol. The van der Waals surface area contributed by atoms with Gasteiger partial charge in [-0.2, -0.15) is 0 Å². The maximum atomic E-state index is 12.9. The summed E-state index contributed by atoms with van der Waals surface area (Å²) in [6.45, 7) is 3.17. The zero-order valence-electron chi connectivity index (χ0n) is 14.1. The molecule has 2 aromatic carbocycles. The van der Waals surface area contributed by atoms with Crippen LogP contribution in [0.5, 0.6) is 0 Å². The Morgan fingerprint density at radius 1 is 1.00 bits per heavy atom. The first kappa shape index (κ1) is 17.3. The van der Waals surface area contributed by atoms with E-state index >= 15 is 0 Å². The summed E-state index contributed by atoms with van der Waals surface area (Å²) in [6.07, 6.45) is 1.95. The molecule has 4 nitrogen and oxygen atoms in total. The monoisotopic (exact) mass is 382 g/mol. The molecule has 0 saturated carbocycles. The fourth-order valence-electron chi connectivity index (χ4n) is 3.11. The molecule has 4 rings (SSSR count). The number of carbonyl (C=O) groups is 1. The van der Waals surface area contributed by atoms with Gasteiger partial charge in [0.1, 0.15) is 0 Å². The van der Waals surface area contributed by atoms with Gasteiger partial charge >= 0.3 is 0 Å². The number of para-hydroxylation sites is 2. The van der Waals surface area contributed by atoms with E-state index in [1.807, 2.05) is 54.6 Å². The number of hydrogen-bond donors (Lipinski definition) is 0. The van der Waals surface area contributed by atoms with Crippen LogP contribution in [0.1, 0.15) is 5.56 Å². The molecule has 2 aliphatic rings. The summed E-state index contributed by atoms with van der Waals surface area (Å²) < 4.78 is 6.02. The minimum atomic E-state index is -0.0667. The quantitative estimate of drug-likeness (QED) is 0.593. The summed E-state index contributed by atoms with van der Waals surface area (Å²) in [5.41, 5.74) is 2.96. The number of thioether (sulfide) groups is 1. The molecule has 0 spiro atoms. The molecular formula is C20H18N2O2S2. The molecule has 2 fully saturated rings. The molecule has 0 bridgehead atoms. The van der Waals surface area contributed by atoms with Crippen molar-refractivity contribution < 1.29 is 9.53 Å². The van der Waals surface area contributed by atoms with Crippen LogP contribution >= 0.6 is 24.0 Å². The zero-order chi connectivity index (χ0) is 17.9. The van der Waals surface area contributed by atoms with E-state index < -0.39 is 0 Å². The van der Waals surface area contributed by atoms with E-state index in [-0.39, 0.29) is 5.91 Å². The van der Waals surface area contributed by atoms with Gasteiger partial charge in [-0.15, -0.1) is 0 Å². The number of carbonyl (C=O) groups excluding carboxylic acids is 1. The molecule has 2 heterocycles. The van der Waals surface area contributed by atoms with E-state index in [9.17, 15) is 4.79 Å². The highest BCUT2D eigenvalue weighted by Crippen LogP contribution is 2.37. The van der Waals surface area contributed by atoms with Crippen molar-refractivity contribution in [3.05, 3.63) is 65.1 Å². The summed E-state index contributed by atoms with van der Waals surface area (Å²) in [5, 5.41) is 0. The Morgan fingerprint density at radius 2 is 1.69 bits per heavy atom. The number of morpholine rings is 1. The molecule has 0 radical (unpaired) electrons. The molecule has 2 aromatic rings. The minimum Gasteiger partial charge on any atom is -0.378 e. The fourth-order valence-corrected chi connectivity index (χ4v) is 4.40. The Labute approximate surface area is 162 Å². The van der Waals surface area contributed by atoms with Crippen LogP contribution in [0.25, 0.3) is 6.08 Å². The number of ether oxygens (including phenoxy) is 1. The summed E-state index contributed by atoms with van der Waals surface area (Å²) in [5.74, 6) is -0.0667. The normalized spacial score (nSPS) is 19.5. The number of rotatable bonds is 3. The van der Waals surface area contributed by atoms with Crippen molar-refractivity contribution in [1.82, 2.24) is 0 Å². The zero-order valence-corrected chi connectivity index (χ0v) is 15.8. The first-order valence-electron chi connectivity index (χ1n) is 8.49. The molecule has 2 aliphatic heterocycles. The van der Waals surface area contributed by atoms with Crippen molar-refractivity contribution in [1.29, 1.82) is 0 Å². The summed E-state index contributed by atoms with van der Waals surface area (Å²) >= 11 is 6.80. The van der Waals surface area contributed by atoms with Gasteiger partial charge in [-0.05, 0) is 29.8 Å². The van der Waals surface area contributed by atoms with Crippen LogP contribution in [0, 0.1) is 0 Å². The average molecular weight is 383 g/mol. The lowest BCUT2D eigenvalue weighted by Crippen LogP contribution is -2.36. The van der Waals surface area contributed by atoms with Crippen molar-refractivity contribution in [3.63, 3.8) is 0 Å². The van der Waals surface area contributed by atoms with Crippen molar-refractivity contribution in [2.75, 3.05) is 36.1 Å². The molecule has 0 aromatic heterocycles. The highest BCUT2D eigenvalue weighted by molar-refractivity contribution is 8.27. The second-order valence-electron chi connectivity index (χ2n) is 6.01. The lowest BCUT2D eigenvalue weighted by atomic mass is 10.1. The first-order valence-corrected chi connectivity index (χ1v) is 9.71. The molecule has 0 aliphatic carbocycles. The Kier molecular flexibility index (Phi) is 5.06.